The fraction of sp³-hybridized carbons (Fsp3) is 0. The van der Waals surface area contributed by atoms with Crippen LogP contribution in [-0.2, 0) is 4.79 Å². The van der Waals surface area contributed by atoms with Gasteiger partial charge >= 0.3 is 5.97 Å². The Morgan fingerprint density at radius 2 is 1.55 bits per heavy atom. The number of nitro groups is 1. The number of carbonyl (C=O) groups is 1. The van der Waals surface area contributed by atoms with Gasteiger partial charge < -0.3 is 9.47 Å². The van der Waals surface area contributed by atoms with Gasteiger partial charge in [0.1, 0.15) is 17.0 Å². The quantitative estimate of drug-likeness (QED) is 0.177. The Hall–Kier alpha value is -4.78. The summed E-state index contributed by atoms with van der Waals surface area (Å²) in [6.07, 6.45) is 0. The molecule has 0 bridgehead atoms. The number of rotatable bonds is 2. The third-order valence-corrected chi connectivity index (χ3v) is 5.67. The topological polar surface area (TPSA) is 91.0 Å². The molecule has 7 nitrogen and oxygen atoms in total. The Bertz CT molecular complexity index is 1550. The van der Waals surface area contributed by atoms with E-state index in [9.17, 15) is 14.9 Å². The van der Waals surface area contributed by atoms with E-state index >= 15 is 0 Å². The minimum Gasteiger partial charge on any atom is -0.437 e. The highest BCUT2D eigenvalue weighted by Gasteiger charge is 2.36. The van der Waals surface area contributed by atoms with E-state index in [4.69, 9.17) is 9.47 Å². The smallest absolute Gasteiger partial charge is 0.349 e. The molecule has 0 fully saturated rings. The summed E-state index contributed by atoms with van der Waals surface area (Å²) in [5.41, 5.74) is 2.45. The number of hydrogen-bond donors (Lipinski definition) is 0. The van der Waals surface area contributed by atoms with Crippen molar-refractivity contribution in [3.8, 4) is 11.5 Å². The number of fused-ring (bicyclic) bond motifs is 5. The molecule has 0 amide bonds. The highest BCUT2D eigenvalue weighted by molar-refractivity contribution is 6.28. The number of non-ortho nitro benzene ring substituents is 1. The maximum atomic E-state index is 13.3. The average molecular weight is 434 g/mol. The Morgan fingerprint density at radius 1 is 0.788 bits per heavy atom. The van der Waals surface area contributed by atoms with E-state index < -0.39 is 10.9 Å². The van der Waals surface area contributed by atoms with Gasteiger partial charge in [-0.05, 0) is 41.3 Å². The molecule has 0 aliphatic carbocycles. The highest BCUT2D eigenvalue weighted by atomic mass is 16.6. The average Bonchev–Trinajstić information content (AvgIpc) is 2.98. The largest absolute Gasteiger partial charge is 0.437 e. The molecule has 2 heterocycles. The Kier molecular flexibility index (Phi) is 4.10. The first-order valence-electron chi connectivity index (χ1n) is 10.2. The summed E-state index contributed by atoms with van der Waals surface area (Å²) in [4.78, 5) is 28.6. The van der Waals surface area contributed by atoms with E-state index in [2.05, 4.69) is 4.99 Å². The molecule has 33 heavy (non-hydrogen) atoms. The lowest BCUT2D eigenvalue weighted by molar-refractivity contribution is -0.384. The number of nitro benzene ring substituents is 1. The van der Waals surface area contributed by atoms with Crippen LogP contribution in [0.2, 0.25) is 0 Å². The molecular weight excluding hydrogens is 420 g/mol. The van der Waals surface area contributed by atoms with Crippen molar-refractivity contribution in [1.82, 2.24) is 0 Å². The fourth-order valence-electron chi connectivity index (χ4n) is 4.15. The van der Waals surface area contributed by atoms with Crippen LogP contribution in [0.1, 0.15) is 11.1 Å². The molecule has 2 aliphatic heterocycles. The molecule has 0 unspecified atom stereocenters. The summed E-state index contributed by atoms with van der Waals surface area (Å²) in [6, 6.07) is 24.6. The molecule has 0 radical (unpaired) electrons. The van der Waals surface area contributed by atoms with Gasteiger partial charge in [-0.3, -0.25) is 10.1 Å². The van der Waals surface area contributed by atoms with Crippen molar-refractivity contribution in [2.24, 2.45) is 4.99 Å². The molecule has 4 aromatic rings. The first-order chi connectivity index (χ1) is 16.1. The number of carbonyl (C=O) groups excluding carboxylic acids is 1. The van der Waals surface area contributed by atoms with Crippen LogP contribution >= 0.6 is 0 Å². The lowest BCUT2D eigenvalue weighted by Crippen LogP contribution is -2.26. The number of hydrogen-bond acceptors (Lipinski definition) is 6. The first kappa shape index (κ1) is 18.9. The summed E-state index contributed by atoms with van der Waals surface area (Å²) in [6.45, 7) is 0. The zero-order chi connectivity index (χ0) is 22.5. The maximum Gasteiger partial charge on any atom is 0.349 e. The summed E-state index contributed by atoms with van der Waals surface area (Å²) < 4.78 is 11.9. The lowest BCUT2D eigenvalue weighted by atomic mass is 9.88. The predicted molar refractivity (Wildman–Crippen MR) is 123 cm³/mol. The molecule has 0 atom stereocenters. The van der Waals surface area contributed by atoms with Gasteiger partial charge in [0.25, 0.3) is 5.69 Å². The number of benzene rings is 4. The van der Waals surface area contributed by atoms with Crippen molar-refractivity contribution < 1.29 is 19.2 Å². The van der Waals surface area contributed by atoms with Crippen LogP contribution in [-0.4, -0.2) is 16.8 Å². The summed E-state index contributed by atoms with van der Waals surface area (Å²) in [5, 5.41) is 13.0. The van der Waals surface area contributed by atoms with Gasteiger partial charge in [0.2, 0.25) is 5.90 Å². The van der Waals surface area contributed by atoms with Crippen LogP contribution in [0.25, 0.3) is 16.3 Å². The van der Waals surface area contributed by atoms with Crippen LogP contribution < -0.4 is 9.47 Å². The Labute approximate surface area is 187 Å². The normalized spacial score (nSPS) is 14.3. The number of ether oxygens (including phenoxy) is 2. The van der Waals surface area contributed by atoms with E-state index in [1.807, 2.05) is 36.4 Å². The first-order valence-corrected chi connectivity index (χ1v) is 10.2. The van der Waals surface area contributed by atoms with Crippen LogP contribution in [0.15, 0.2) is 95.5 Å². The van der Waals surface area contributed by atoms with Gasteiger partial charge in [-0.25, -0.2) is 9.79 Å². The molecule has 0 spiro atoms. The van der Waals surface area contributed by atoms with Gasteiger partial charge in [0.05, 0.1) is 4.92 Å². The molecule has 7 heteroatoms. The van der Waals surface area contributed by atoms with Crippen molar-refractivity contribution in [3.63, 3.8) is 0 Å². The summed E-state index contributed by atoms with van der Waals surface area (Å²) >= 11 is 0. The molecule has 0 saturated carbocycles. The van der Waals surface area contributed by atoms with Crippen LogP contribution in [0.3, 0.4) is 0 Å². The third kappa shape index (κ3) is 2.98. The van der Waals surface area contributed by atoms with Gasteiger partial charge in [0, 0.05) is 28.7 Å². The van der Waals surface area contributed by atoms with E-state index in [0.29, 0.717) is 33.9 Å². The van der Waals surface area contributed by atoms with Crippen molar-refractivity contribution in [3.05, 3.63) is 112 Å². The molecule has 158 valence electrons. The van der Waals surface area contributed by atoms with Crippen molar-refractivity contribution in [2.45, 2.75) is 0 Å². The number of para-hydroxylation sites is 2. The van der Waals surface area contributed by atoms with Crippen molar-refractivity contribution >= 4 is 39.6 Å². The zero-order valence-corrected chi connectivity index (χ0v) is 17.0. The predicted octanol–water partition coefficient (Wildman–Crippen LogP) is 5.59. The monoisotopic (exact) mass is 434 g/mol. The van der Waals surface area contributed by atoms with Crippen molar-refractivity contribution in [2.75, 3.05) is 0 Å². The van der Waals surface area contributed by atoms with E-state index in [-0.39, 0.29) is 17.2 Å². The summed E-state index contributed by atoms with van der Waals surface area (Å²) in [5.74, 6) is 0.418. The third-order valence-electron chi connectivity index (χ3n) is 5.67. The van der Waals surface area contributed by atoms with Gasteiger partial charge in [-0.15, -0.1) is 0 Å². The molecule has 4 aromatic carbocycles. The molecule has 0 N–H and O–H groups in total. The molecule has 2 aliphatic rings. The molecule has 0 aromatic heterocycles. The molecule has 6 rings (SSSR count). The van der Waals surface area contributed by atoms with Gasteiger partial charge in [0.15, 0.2) is 5.75 Å². The molecular formula is C26H14N2O5. The minimum atomic E-state index is -0.606. The SMILES string of the molecule is O=C1Oc2ccccc2N=C2Oc3c(ccc4ccccc34)C(c3ccc([N+](=O)[O-])cc3)=C12. The van der Waals surface area contributed by atoms with Gasteiger partial charge in [-0.1, -0.05) is 42.5 Å². The van der Waals surface area contributed by atoms with Crippen LogP contribution in [0.5, 0.6) is 11.5 Å². The molecule has 0 saturated heterocycles. The van der Waals surface area contributed by atoms with Gasteiger partial charge in [-0.2, -0.15) is 0 Å². The second-order valence-electron chi connectivity index (χ2n) is 7.59. The van der Waals surface area contributed by atoms with E-state index in [1.165, 1.54) is 12.1 Å². The van der Waals surface area contributed by atoms with Crippen LogP contribution in [0, 0.1) is 10.1 Å². The second-order valence-corrected chi connectivity index (χ2v) is 7.59. The summed E-state index contributed by atoms with van der Waals surface area (Å²) in [7, 11) is 0. The maximum absolute atomic E-state index is 13.3. The van der Waals surface area contributed by atoms with Crippen molar-refractivity contribution in [1.29, 1.82) is 0 Å². The lowest BCUT2D eigenvalue weighted by Gasteiger charge is -2.24. The van der Waals surface area contributed by atoms with E-state index in [0.717, 1.165) is 10.8 Å². The number of esters is 1. The zero-order valence-electron chi connectivity index (χ0n) is 17.0. The van der Waals surface area contributed by atoms with E-state index in [1.54, 1.807) is 36.4 Å². The standard InChI is InChI=1S/C26H14N2O5/c29-26-23-22(16-9-12-17(13-10-16)28(30)31)19-14-11-15-5-1-2-6-18(15)24(19)33-25(23)27-20-7-3-4-8-21(20)32-26/h1-14H. The number of aliphatic imine (C=N–C) groups is 1. The highest BCUT2D eigenvalue weighted by Crippen LogP contribution is 2.45. The van der Waals surface area contributed by atoms with Crippen LogP contribution in [0.4, 0.5) is 11.4 Å². The Morgan fingerprint density at radius 3 is 2.36 bits per heavy atom. The minimum absolute atomic E-state index is 0.0418. The Balaban J connectivity index is 1.68. The second kappa shape index (κ2) is 7.13. The fourth-order valence-corrected chi connectivity index (χ4v) is 4.15. The number of nitrogens with zero attached hydrogens (tertiary/aromatic N) is 2.